The highest BCUT2D eigenvalue weighted by molar-refractivity contribution is 8.00. The molecule has 0 amide bonds. The van der Waals surface area contributed by atoms with E-state index in [0.29, 0.717) is 0 Å². The molecule has 1 aliphatic heterocycles. The van der Waals surface area contributed by atoms with Crippen molar-refractivity contribution in [3.8, 4) is 0 Å². The van der Waals surface area contributed by atoms with Crippen molar-refractivity contribution in [1.29, 1.82) is 0 Å². The van der Waals surface area contributed by atoms with Gasteiger partial charge in [0.05, 0.1) is 0 Å². The average Bonchev–Trinajstić information content (AvgIpc) is 2.42. The molecule has 2 fully saturated rings. The fraction of sp³-hybridized carbons (Fsp3) is 1.00. The lowest BCUT2D eigenvalue weighted by Crippen LogP contribution is -2.46. The van der Waals surface area contributed by atoms with Crippen molar-refractivity contribution in [1.82, 2.24) is 5.32 Å². The van der Waals surface area contributed by atoms with E-state index >= 15 is 0 Å². The molecule has 2 atom stereocenters. The van der Waals surface area contributed by atoms with E-state index in [1.807, 2.05) is 0 Å². The Morgan fingerprint density at radius 1 is 1.11 bits per heavy atom. The highest BCUT2D eigenvalue weighted by atomic mass is 32.2. The van der Waals surface area contributed by atoms with Crippen molar-refractivity contribution >= 4 is 11.8 Å². The third-order valence-corrected chi connectivity index (χ3v) is 6.30. The maximum Gasteiger partial charge on any atom is 0.0214 e. The van der Waals surface area contributed by atoms with Crippen LogP contribution in [0.3, 0.4) is 0 Å². The van der Waals surface area contributed by atoms with Gasteiger partial charge in [-0.2, -0.15) is 11.8 Å². The molecular weight excluding hydrogens is 238 g/mol. The predicted molar refractivity (Wildman–Crippen MR) is 83.3 cm³/mol. The van der Waals surface area contributed by atoms with E-state index in [0.717, 1.165) is 23.1 Å². The zero-order chi connectivity index (χ0) is 12.8. The van der Waals surface area contributed by atoms with Gasteiger partial charge in [-0.25, -0.2) is 0 Å². The molecule has 18 heavy (non-hydrogen) atoms. The van der Waals surface area contributed by atoms with Crippen molar-refractivity contribution in [3.05, 3.63) is 0 Å². The van der Waals surface area contributed by atoms with E-state index in [9.17, 15) is 0 Å². The summed E-state index contributed by atoms with van der Waals surface area (Å²) in [7, 11) is 0. The van der Waals surface area contributed by atoms with E-state index in [4.69, 9.17) is 0 Å². The third kappa shape index (κ3) is 4.16. The molecule has 0 aromatic heterocycles. The Morgan fingerprint density at radius 3 is 2.50 bits per heavy atom. The summed E-state index contributed by atoms with van der Waals surface area (Å²) < 4.78 is 0. The lowest BCUT2D eigenvalue weighted by Gasteiger charge is -2.39. The first-order chi connectivity index (χ1) is 8.81. The lowest BCUT2D eigenvalue weighted by atomic mass is 9.77. The minimum absolute atomic E-state index is 0.808. The standard InChI is InChI=1S/C16H31NS/c1-3-11-17-16(15-6-4-5-12-18-15)14-9-7-13(2)8-10-14/h13-17H,3-12H2,1-2H3. The van der Waals surface area contributed by atoms with Gasteiger partial charge in [-0.3, -0.25) is 0 Å². The smallest absolute Gasteiger partial charge is 0.0214 e. The molecule has 1 saturated carbocycles. The van der Waals surface area contributed by atoms with Crippen LogP contribution in [0, 0.1) is 11.8 Å². The van der Waals surface area contributed by atoms with Crippen LogP contribution < -0.4 is 5.32 Å². The van der Waals surface area contributed by atoms with Crippen LogP contribution in [-0.4, -0.2) is 23.6 Å². The molecule has 1 nitrogen and oxygen atoms in total. The van der Waals surface area contributed by atoms with Crippen molar-refractivity contribution in [2.24, 2.45) is 11.8 Å². The van der Waals surface area contributed by atoms with Crippen molar-refractivity contribution in [2.45, 2.75) is 76.5 Å². The zero-order valence-electron chi connectivity index (χ0n) is 12.3. The molecule has 0 aromatic rings. The van der Waals surface area contributed by atoms with E-state index in [1.165, 1.54) is 63.7 Å². The van der Waals surface area contributed by atoms with Gasteiger partial charge in [0, 0.05) is 11.3 Å². The Kier molecular flexibility index (Phi) is 6.37. The first kappa shape index (κ1) is 14.7. The van der Waals surface area contributed by atoms with Gasteiger partial charge >= 0.3 is 0 Å². The van der Waals surface area contributed by atoms with E-state index in [1.54, 1.807) is 0 Å². The summed E-state index contributed by atoms with van der Waals surface area (Å²) in [6.07, 6.45) is 11.5. The first-order valence-corrected chi connectivity index (χ1v) is 9.21. The molecule has 1 heterocycles. The van der Waals surface area contributed by atoms with Gasteiger partial charge in [-0.15, -0.1) is 0 Å². The fourth-order valence-corrected chi connectivity index (χ4v) is 5.14. The van der Waals surface area contributed by atoms with Crippen molar-refractivity contribution in [3.63, 3.8) is 0 Å². The summed E-state index contributed by atoms with van der Waals surface area (Å²) in [5.74, 6) is 3.34. The molecule has 106 valence electrons. The summed E-state index contributed by atoms with van der Waals surface area (Å²) in [4.78, 5) is 0. The molecule has 1 aliphatic carbocycles. The molecule has 0 radical (unpaired) electrons. The molecular formula is C16H31NS. The van der Waals surface area contributed by atoms with Gasteiger partial charge in [-0.1, -0.05) is 33.1 Å². The maximum atomic E-state index is 3.90. The van der Waals surface area contributed by atoms with Crippen LogP contribution in [0.25, 0.3) is 0 Å². The summed E-state index contributed by atoms with van der Waals surface area (Å²) in [6, 6.07) is 0.808. The number of hydrogen-bond donors (Lipinski definition) is 1. The molecule has 1 saturated heterocycles. The van der Waals surface area contributed by atoms with Gasteiger partial charge in [0.1, 0.15) is 0 Å². The van der Waals surface area contributed by atoms with Crippen LogP contribution in [0.15, 0.2) is 0 Å². The molecule has 0 aromatic carbocycles. The lowest BCUT2D eigenvalue weighted by molar-refractivity contribution is 0.222. The minimum atomic E-state index is 0.808. The second-order valence-electron chi connectivity index (χ2n) is 6.40. The molecule has 0 spiro atoms. The summed E-state index contributed by atoms with van der Waals surface area (Å²) in [5.41, 5.74) is 0. The first-order valence-electron chi connectivity index (χ1n) is 8.16. The Hall–Kier alpha value is 0.310. The Labute approximate surface area is 118 Å². The Morgan fingerprint density at radius 2 is 1.89 bits per heavy atom. The van der Waals surface area contributed by atoms with Crippen LogP contribution in [0.5, 0.6) is 0 Å². The van der Waals surface area contributed by atoms with Crippen LogP contribution in [-0.2, 0) is 0 Å². The predicted octanol–water partition coefficient (Wildman–Crippen LogP) is 4.47. The van der Waals surface area contributed by atoms with E-state index < -0.39 is 0 Å². The Balaban J connectivity index is 1.90. The van der Waals surface area contributed by atoms with Crippen LogP contribution >= 0.6 is 11.8 Å². The van der Waals surface area contributed by atoms with Crippen LogP contribution in [0.2, 0.25) is 0 Å². The van der Waals surface area contributed by atoms with Crippen molar-refractivity contribution in [2.75, 3.05) is 12.3 Å². The molecule has 2 aliphatic rings. The fourth-order valence-electron chi connectivity index (χ4n) is 3.61. The Bertz CT molecular complexity index is 217. The van der Waals surface area contributed by atoms with Gasteiger partial charge in [0.25, 0.3) is 0 Å². The van der Waals surface area contributed by atoms with Crippen molar-refractivity contribution < 1.29 is 0 Å². The molecule has 2 unspecified atom stereocenters. The number of nitrogens with one attached hydrogen (secondary N) is 1. The maximum absolute atomic E-state index is 3.90. The quantitative estimate of drug-likeness (QED) is 0.790. The monoisotopic (exact) mass is 269 g/mol. The number of rotatable bonds is 5. The van der Waals surface area contributed by atoms with Gasteiger partial charge in [0.2, 0.25) is 0 Å². The number of hydrogen-bond acceptors (Lipinski definition) is 2. The van der Waals surface area contributed by atoms with Gasteiger partial charge in [0.15, 0.2) is 0 Å². The third-order valence-electron chi connectivity index (χ3n) is 4.81. The van der Waals surface area contributed by atoms with E-state index in [2.05, 4.69) is 30.9 Å². The normalized spacial score (nSPS) is 35.3. The summed E-state index contributed by atoms with van der Waals surface area (Å²) in [6.45, 7) is 5.94. The second-order valence-corrected chi connectivity index (χ2v) is 7.75. The SMILES string of the molecule is CCCNC(C1CCC(C)CC1)C1CCCCS1. The molecule has 1 N–H and O–H groups in total. The van der Waals surface area contributed by atoms with Gasteiger partial charge < -0.3 is 5.32 Å². The second kappa shape index (κ2) is 7.79. The molecule has 2 heteroatoms. The minimum Gasteiger partial charge on any atom is -0.313 e. The zero-order valence-corrected chi connectivity index (χ0v) is 13.1. The average molecular weight is 269 g/mol. The van der Waals surface area contributed by atoms with Crippen LogP contribution in [0.4, 0.5) is 0 Å². The number of thioether (sulfide) groups is 1. The molecule has 0 bridgehead atoms. The highest BCUT2D eigenvalue weighted by Crippen LogP contribution is 2.37. The summed E-state index contributed by atoms with van der Waals surface area (Å²) >= 11 is 2.25. The van der Waals surface area contributed by atoms with Gasteiger partial charge in [-0.05, 0) is 56.2 Å². The van der Waals surface area contributed by atoms with Crippen LogP contribution in [0.1, 0.15) is 65.2 Å². The largest absolute Gasteiger partial charge is 0.313 e. The van der Waals surface area contributed by atoms with E-state index in [-0.39, 0.29) is 0 Å². The highest BCUT2D eigenvalue weighted by Gasteiger charge is 2.32. The molecule has 2 rings (SSSR count). The topological polar surface area (TPSA) is 12.0 Å². The summed E-state index contributed by atoms with van der Waals surface area (Å²) in [5, 5.41) is 4.81.